The van der Waals surface area contributed by atoms with Gasteiger partial charge >= 0.3 is 0 Å². The smallest absolute Gasteiger partial charge is 0.236 e. The molecule has 0 heterocycles. The molecule has 0 unspecified atom stereocenters. The van der Waals surface area contributed by atoms with Crippen LogP contribution in [-0.4, -0.2) is 44.0 Å². The molecule has 3 N–H and O–H groups in total. The summed E-state index contributed by atoms with van der Waals surface area (Å²) in [5, 5.41) is 2.44. The number of ether oxygens (including phenoxy) is 1. The number of nitrogens with one attached hydrogen (secondary N) is 1. The van der Waals surface area contributed by atoms with Crippen LogP contribution in [-0.2, 0) is 16.1 Å². The Hall–Kier alpha value is -1.60. The predicted octanol–water partition coefficient (Wildman–Crippen LogP) is 0.491. The Kier molecular flexibility index (Phi) is 6.47. The number of likely N-dealkylation sites (N-methyl/N-ethyl adjacent to an activating group) is 1. The zero-order valence-corrected chi connectivity index (χ0v) is 13.1. The van der Waals surface area contributed by atoms with Crippen molar-refractivity contribution in [1.82, 2.24) is 10.2 Å². The van der Waals surface area contributed by atoms with Crippen LogP contribution in [0, 0.1) is 0 Å². The highest BCUT2D eigenvalue weighted by Gasteiger charge is 2.11. The van der Waals surface area contributed by atoms with Crippen LogP contribution in [0.5, 0.6) is 5.75 Å². The highest BCUT2D eigenvalue weighted by Crippen LogP contribution is 2.23. The quantitative estimate of drug-likeness (QED) is 0.754. The summed E-state index contributed by atoms with van der Waals surface area (Å²) in [6, 6.07) is 5.69. The van der Waals surface area contributed by atoms with E-state index >= 15 is 0 Å². The van der Waals surface area contributed by atoms with Gasteiger partial charge in [-0.15, -0.1) is 0 Å². The maximum absolute atomic E-state index is 11.6. The first-order valence-corrected chi connectivity index (χ1v) is 6.77. The van der Waals surface area contributed by atoms with Crippen molar-refractivity contribution in [2.45, 2.75) is 6.54 Å². The van der Waals surface area contributed by atoms with E-state index in [0.717, 1.165) is 15.8 Å². The summed E-state index contributed by atoms with van der Waals surface area (Å²) in [5.74, 6) is -0.0486. The van der Waals surface area contributed by atoms with Gasteiger partial charge in [-0.1, -0.05) is 15.9 Å². The van der Waals surface area contributed by atoms with Crippen LogP contribution in [0.25, 0.3) is 0 Å². The van der Waals surface area contributed by atoms with Gasteiger partial charge in [0.05, 0.1) is 20.2 Å². The number of nitrogens with zero attached hydrogens (tertiary/aromatic N) is 1. The van der Waals surface area contributed by atoms with Gasteiger partial charge in [0.1, 0.15) is 5.75 Å². The third-order valence-corrected chi connectivity index (χ3v) is 3.05. The first-order valence-electron chi connectivity index (χ1n) is 5.98. The van der Waals surface area contributed by atoms with Crippen molar-refractivity contribution >= 4 is 27.7 Å². The fourth-order valence-corrected chi connectivity index (χ4v) is 2.11. The SMILES string of the molecule is COc1ccc(Br)cc1CN(C)CC(=O)NCC(N)=O. The second-order valence-corrected chi connectivity index (χ2v) is 5.29. The molecule has 7 heteroatoms. The molecule has 110 valence electrons. The monoisotopic (exact) mass is 343 g/mol. The number of hydrogen-bond acceptors (Lipinski definition) is 4. The number of methoxy groups -OCH3 is 1. The molecule has 1 rings (SSSR count). The van der Waals surface area contributed by atoms with Gasteiger partial charge in [0.2, 0.25) is 11.8 Å². The molecular formula is C13H18BrN3O3. The van der Waals surface area contributed by atoms with Crippen LogP contribution in [0.3, 0.4) is 0 Å². The second kappa shape index (κ2) is 7.86. The molecule has 0 fully saturated rings. The average Bonchev–Trinajstić information content (AvgIpc) is 2.36. The van der Waals surface area contributed by atoms with E-state index in [1.54, 1.807) is 7.11 Å². The molecule has 1 aromatic carbocycles. The van der Waals surface area contributed by atoms with Crippen LogP contribution >= 0.6 is 15.9 Å². The zero-order chi connectivity index (χ0) is 15.1. The van der Waals surface area contributed by atoms with Gasteiger partial charge in [-0.2, -0.15) is 0 Å². The Labute approximate surface area is 126 Å². The molecule has 0 atom stereocenters. The fourth-order valence-electron chi connectivity index (χ4n) is 1.70. The van der Waals surface area contributed by atoms with E-state index in [9.17, 15) is 9.59 Å². The number of nitrogens with two attached hydrogens (primary N) is 1. The van der Waals surface area contributed by atoms with Crippen molar-refractivity contribution in [1.29, 1.82) is 0 Å². The topological polar surface area (TPSA) is 84.7 Å². The molecule has 0 aliphatic carbocycles. The molecular weight excluding hydrogens is 326 g/mol. The number of halogens is 1. The van der Waals surface area contributed by atoms with Crippen LogP contribution in [0.2, 0.25) is 0 Å². The van der Waals surface area contributed by atoms with E-state index in [4.69, 9.17) is 10.5 Å². The zero-order valence-electron chi connectivity index (χ0n) is 11.5. The van der Waals surface area contributed by atoms with Gasteiger partial charge in [0.15, 0.2) is 0 Å². The molecule has 2 amide bonds. The Morgan fingerprint density at radius 1 is 1.45 bits per heavy atom. The van der Waals surface area contributed by atoms with E-state index in [1.807, 2.05) is 30.1 Å². The number of primary amides is 1. The molecule has 0 radical (unpaired) electrons. The predicted molar refractivity (Wildman–Crippen MR) is 79.2 cm³/mol. The lowest BCUT2D eigenvalue weighted by Crippen LogP contribution is -2.39. The van der Waals surface area contributed by atoms with Crippen molar-refractivity contribution in [3.63, 3.8) is 0 Å². The molecule has 0 saturated heterocycles. The van der Waals surface area contributed by atoms with Crippen LogP contribution in [0.4, 0.5) is 0 Å². The fraction of sp³-hybridized carbons (Fsp3) is 0.385. The molecule has 6 nitrogen and oxygen atoms in total. The summed E-state index contributed by atoms with van der Waals surface area (Å²) >= 11 is 3.40. The lowest BCUT2D eigenvalue weighted by Gasteiger charge is -2.18. The Morgan fingerprint density at radius 2 is 2.15 bits per heavy atom. The van der Waals surface area contributed by atoms with Gasteiger partial charge < -0.3 is 15.8 Å². The third kappa shape index (κ3) is 5.58. The van der Waals surface area contributed by atoms with Gasteiger partial charge in [-0.3, -0.25) is 14.5 Å². The van der Waals surface area contributed by atoms with Gasteiger partial charge in [-0.05, 0) is 25.2 Å². The number of carbonyl (C=O) groups is 2. The first-order chi connectivity index (χ1) is 9.42. The highest BCUT2D eigenvalue weighted by atomic mass is 79.9. The van der Waals surface area contributed by atoms with Crippen molar-refractivity contribution in [3.05, 3.63) is 28.2 Å². The third-order valence-electron chi connectivity index (χ3n) is 2.56. The summed E-state index contributed by atoms with van der Waals surface area (Å²) in [7, 11) is 3.41. The average molecular weight is 344 g/mol. The van der Waals surface area contributed by atoms with E-state index in [2.05, 4.69) is 21.2 Å². The first kappa shape index (κ1) is 16.5. The van der Waals surface area contributed by atoms with Gasteiger partial charge in [0.25, 0.3) is 0 Å². The lowest BCUT2D eigenvalue weighted by molar-refractivity contribution is -0.125. The Balaban J connectivity index is 2.57. The van der Waals surface area contributed by atoms with Gasteiger partial charge in [0, 0.05) is 16.6 Å². The molecule has 1 aromatic rings. The number of amides is 2. The van der Waals surface area contributed by atoms with E-state index < -0.39 is 5.91 Å². The Bertz CT molecular complexity index is 494. The van der Waals surface area contributed by atoms with Crippen LogP contribution in [0.15, 0.2) is 22.7 Å². The summed E-state index contributed by atoms with van der Waals surface area (Å²) < 4.78 is 6.22. The summed E-state index contributed by atoms with van der Waals surface area (Å²) in [6.07, 6.45) is 0. The maximum atomic E-state index is 11.6. The highest BCUT2D eigenvalue weighted by molar-refractivity contribution is 9.10. The number of benzene rings is 1. The lowest BCUT2D eigenvalue weighted by atomic mass is 10.2. The molecule has 20 heavy (non-hydrogen) atoms. The standard InChI is InChI=1S/C13H18BrN3O3/c1-17(8-13(19)16-6-12(15)18)7-9-5-10(14)3-4-11(9)20-2/h3-5H,6-8H2,1-2H3,(H2,15,18)(H,16,19). The van der Waals surface area contributed by atoms with E-state index in [-0.39, 0.29) is 19.0 Å². The maximum Gasteiger partial charge on any atom is 0.236 e. The summed E-state index contributed by atoms with van der Waals surface area (Å²) in [4.78, 5) is 24.0. The van der Waals surface area contributed by atoms with Crippen LogP contribution in [0.1, 0.15) is 5.56 Å². The largest absolute Gasteiger partial charge is 0.496 e. The minimum Gasteiger partial charge on any atom is -0.496 e. The minimum absolute atomic E-state index is 0.146. The van der Waals surface area contributed by atoms with Crippen LogP contribution < -0.4 is 15.8 Å². The molecule has 0 spiro atoms. The molecule has 0 bridgehead atoms. The molecule has 0 aromatic heterocycles. The van der Waals surface area contributed by atoms with Crippen molar-refractivity contribution < 1.29 is 14.3 Å². The number of rotatable bonds is 7. The van der Waals surface area contributed by atoms with Crippen molar-refractivity contribution in [3.8, 4) is 5.75 Å². The normalized spacial score (nSPS) is 10.4. The summed E-state index contributed by atoms with van der Waals surface area (Å²) in [5.41, 5.74) is 5.93. The Morgan fingerprint density at radius 3 is 2.75 bits per heavy atom. The van der Waals surface area contributed by atoms with Gasteiger partial charge in [-0.25, -0.2) is 0 Å². The number of hydrogen-bond donors (Lipinski definition) is 2. The molecule has 0 aliphatic rings. The summed E-state index contributed by atoms with van der Waals surface area (Å²) in [6.45, 7) is 0.572. The number of carbonyl (C=O) groups excluding carboxylic acids is 2. The minimum atomic E-state index is -0.560. The van der Waals surface area contributed by atoms with Crippen molar-refractivity contribution in [2.24, 2.45) is 5.73 Å². The van der Waals surface area contributed by atoms with E-state index in [1.165, 1.54) is 0 Å². The molecule has 0 saturated carbocycles. The molecule has 0 aliphatic heterocycles. The van der Waals surface area contributed by atoms with E-state index in [0.29, 0.717) is 6.54 Å². The van der Waals surface area contributed by atoms with Crippen molar-refractivity contribution in [2.75, 3.05) is 27.2 Å². The second-order valence-electron chi connectivity index (χ2n) is 4.37.